The molecule has 0 bridgehead atoms. The van der Waals surface area contributed by atoms with Gasteiger partial charge >= 0.3 is 0 Å². The third-order valence-corrected chi connectivity index (χ3v) is 3.28. The van der Waals surface area contributed by atoms with Gasteiger partial charge in [-0.25, -0.2) is 0 Å². The lowest BCUT2D eigenvalue weighted by Crippen LogP contribution is -2.11. The first-order chi connectivity index (χ1) is 10.0. The van der Waals surface area contributed by atoms with E-state index in [1.54, 1.807) is 12.1 Å². The van der Waals surface area contributed by atoms with Crippen LogP contribution >= 0.6 is 0 Å². The van der Waals surface area contributed by atoms with Crippen LogP contribution < -0.4 is 5.32 Å². The highest BCUT2D eigenvalue weighted by molar-refractivity contribution is 6.02. The molecule has 1 aromatic carbocycles. The van der Waals surface area contributed by atoms with Crippen LogP contribution in [0.5, 0.6) is 0 Å². The third kappa shape index (κ3) is 3.51. The van der Waals surface area contributed by atoms with Crippen molar-refractivity contribution in [3.63, 3.8) is 0 Å². The van der Waals surface area contributed by atoms with Crippen molar-refractivity contribution in [1.82, 2.24) is 0 Å². The van der Waals surface area contributed by atoms with E-state index in [9.17, 15) is 4.79 Å². The van der Waals surface area contributed by atoms with Crippen molar-refractivity contribution in [2.45, 2.75) is 20.1 Å². The molecule has 2 rings (SSSR count). The highest BCUT2D eigenvalue weighted by atomic mass is 16.7. The second-order valence-electron chi connectivity index (χ2n) is 4.76. The quantitative estimate of drug-likeness (QED) is 0.856. The number of nitrogens with one attached hydrogen (secondary N) is 1. The SMILES string of the molecule is COC(OC)c1ccc(C(=O)Nc2ccc(C)c(C)c2)o1. The molecule has 2 aromatic rings. The summed E-state index contributed by atoms with van der Waals surface area (Å²) in [6.07, 6.45) is -0.617. The maximum absolute atomic E-state index is 12.1. The number of rotatable bonds is 5. The Balaban J connectivity index is 2.11. The predicted molar refractivity (Wildman–Crippen MR) is 79.3 cm³/mol. The maximum Gasteiger partial charge on any atom is 0.291 e. The van der Waals surface area contributed by atoms with Crippen LogP contribution in [-0.4, -0.2) is 20.1 Å². The summed E-state index contributed by atoms with van der Waals surface area (Å²) in [5.74, 6) is 0.350. The third-order valence-electron chi connectivity index (χ3n) is 3.28. The Bertz CT molecular complexity index is 629. The average molecular weight is 289 g/mol. The van der Waals surface area contributed by atoms with Crippen molar-refractivity contribution < 1.29 is 18.7 Å². The van der Waals surface area contributed by atoms with Gasteiger partial charge in [0.2, 0.25) is 6.29 Å². The van der Waals surface area contributed by atoms with Crippen molar-refractivity contribution in [1.29, 1.82) is 0 Å². The Kier molecular flexibility index (Phi) is 4.77. The standard InChI is InChI=1S/C16H19NO4/c1-10-5-6-12(9-11(10)2)17-15(18)13-7-8-14(21-13)16(19-3)20-4/h5-9,16H,1-4H3,(H,17,18). The molecule has 0 aliphatic heterocycles. The van der Waals surface area contributed by atoms with Crippen LogP contribution in [0.2, 0.25) is 0 Å². The van der Waals surface area contributed by atoms with Gasteiger partial charge in [0.25, 0.3) is 5.91 Å². The smallest absolute Gasteiger partial charge is 0.291 e. The molecule has 1 heterocycles. The molecule has 0 spiro atoms. The Labute approximate surface area is 123 Å². The first kappa shape index (κ1) is 15.3. The van der Waals surface area contributed by atoms with Crippen LogP contribution in [0, 0.1) is 13.8 Å². The molecule has 0 aliphatic rings. The van der Waals surface area contributed by atoms with Crippen LogP contribution in [0.3, 0.4) is 0 Å². The van der Waals surface area contributed by atoms with Crippen molar-refractivity contribution in [2.24, 2.45) is 0 Å². The summed E-state index contributed by atoms with van der Waals surface area (Å²) in [7, 11) is 3.01. The number of amides is 1. The fourth-order valence-electron chi connectivity index (χ4n) is 1.94. The number of hydrogen-bond acceptors (Lipinski definition) is 4. The minimum Gasteiger partial charge on any atom is -0.450 e. The molecule has 0 unspecified atom stereocenters. The largest absolute Gasteiger partial charge is 0.450 e. The van der Waals surface area contributed by atoms with Crippen LogP contribution in [-0.2, 0) is 9.47 Å². The maximum atomic E-state index is 12.1. The Hall–Kier alpha value is -2.11. The number of ether oxygens (including phenoxy) is 2. The highest BCUT2D eigenvalue weighted by Crippen LogP contribution is 2.21. The molecule has 0 radical (unpaired) electrons. The van der Waals surface area contributed by atoms with Gasteiger partial charge in [-0.15, -0.1) is 0 Å². The topological polar surface area (TPSA) is 60.7 Å². The van der Waals surface area contributed by atoms with Gasteiger partial charge < -0.3 is 19.2 Å². The number of aryl methyl sites for hydroxylation is 2. The first-order valence-electron chi connectivity index (χ1n) is 6.59. The van der Waals surface area contributed by atoms with Crippen LogP contribution in [0.25, 0.3) is 0 Å². The van der Waals surface area contributed by atoms with Gasteiger partial charge in [0.15, 0.2) is 11.5 Å². The number of carbonyl (C=O) groups is 1. The van der Waals surface area contributed by atoms with Gasteiger partial charge in [-0.2, -0.15) is 0 Å². The normalized spacial score (nSPS) is 10.9. The Morgan fingerprint density at radius 3 is 2.43 bits per heavy atom. The van der Waals surface area contributed by atoms with Crippen LogP contribution in [0.4, 0.5) is 5.69 Å². The monoisotopic (exact) mass is 289 g/mol. The summed E-state index contributed by atoms with van der Waals surface area (Å²) in [5, 5.41) is 2.80. The molecule has 1 amide bonds. The zero-order chi connectivity index (χ0) is 15.4. The second kappa shape index (κ2) is 6.56. The Morgan fingerprint density at radius 2 is 1.81 bits per heavy atom. The molecule has 5 heteroatoms. The molecular formula is C16H19NO4. The van der Waals surface area contributed by atoms with Gasteiger partial charge in [0.05, 0.1) is 0 Å². The van der Waals surface area contributed by atoms with E-state index in [2.05, 4.69) is 5.32 Å². The summed E-state index contributed by atoms with van der Waals surface area (Å²) in [4.78, 5) is 12.1. The molecule has 0 saturated carbocycles. The summed E-state index contributed by atoms with van der Waals surface area (Å²) in [6, 6.07) is 9.00. The van der Waals surface area contributed by atoms with Crippen molar-refractivity contribution in [3.05, 3.63) is 53.0 Å². The minimum atomic E-state index is -0.617. The van der Waals surface area contributed by atoms with Crippen molar-refractivity contribution in [2.75, 3.05) is 19.5 Å². The molecule has 0 fully saturated rings. The molecule has 0 saturated heterocycles. The molecule has 5 nitrogen and oxygen atoms in total. The zero-order valence-electron chi connectivity index (χ0n) is 12.6. The van der Waals surface area contributed by atoms with E-state index < -0.39 is 6.29 Å². The number of methoxy groups -OCH3 is 2. The van der Waals surface area contributed by atoms with Gasteiger partial charge in [0.1, 0.15) is 0 Å². The molecule has 1 aromatic heterocycles. The number of benzene rings is 1. The average Bonchev–Trinajstić information content (AvgIpc) is 2.94. The summed E-state index contributed by atoms with van der Waals surface area (Å²) < 4.78 is 15.6. The number of furan rings is 1. The molecule has 21 heavy (non-hydrogen) atoms. The molecule has 1 N–H and O–H groups in total. The Morgan fingerprint density at radius 1 is 1.10 bits per heavy atom. The lowest BCUT2D eigenvalue weighted by atomic mass is 10.1. The number of hydrogen-bond donors (Lipinski definition) is 1. The molecule has 0 atom stereocenters. The van der Waals surface area contributed by atoms with Gasteiger partial charge in [-0.05, 0) is 49.2 Å². The van der Waals surface area contributed by atoms with E-state index >= 15 is 0 Å². The summed E-state index contributed by atoms with van der Waals surface area (Å²) >= 11 is 0. The zero-order valence-corrected chi connectivity index (χ0v) is 12.6. The highest BCUT2D eigenvalue weighted by Gasteiger charge is 2.17. The molecular weight excluding hydrogens is 270 g/mol. The van der Waals surface area contributed by atoms with Crippen LogP contribution in [0.15, 0.2) is 34.7 Å². The van der Waals surface area contributed by atoms with E-state index in [1.807, 2.05) is 32.0 Å². The molecule has 0 aliphatic carbocycles. The van der Waals surface area contributed by atoms with Crippen molar-refractivity contribution >= 4 is 11.6 Å². The molecule has 112 valence electrons. The number of carbonyl (C=O) groups excluding carboxylic acids is 1. The number of anilines is 1. The second-order valence-corrected chi connectivity index (χ2v) is 4.76. The van der Waals surface area contributed by atoms with E-state index in [-0.39, 0.29) is 11.7 Å². The fraction of sp³-hybridized carbons (Fsp3) is 0.312. The minimum absolute atomic E-state index is 0.210. The van der Waals surface area contributed by atoms with E-state index in [1.165, 1.54) is 19.8 Å². The van der Waals surface area contributed by atoms with E-state index in [0.29, 0.717) is 5.76 Å². The van der Waals surface area contributed by atoms with E-state index in [0.717, 1.165) is 11.3 Å². The summed E-state index contributed by atoms with van der Waals surface area (Å²) in [6.45, 7) is 4.02. The lowest BCUT2D eigenvalue weighted by molar-refractivity contribution is -0.117. The predicted octanol–water partition coefficient (Wildman–Crippen LogP) is 3.44. The fourth-order valence-corrected chi connectivity index (χ4v) is 1.94. The summed E-state index contributed by atoms with van der Waals surface area (Å²) in [5.41, 5.74) is 3.03. The van der Waals surface area contributed by atoms with Gasteiger partial charge in [0, 0.05) is 19.9 Å². The van der Waals surface area contributed by atoms with Crippen LogP contribution in [0.1, 0.15) is 33.7 Å². The van der Waals surface area contributed by atoms with Gasteiger partial charge in [-0.3, -0.25) is 4.79 Å². The van der Waals surface area contributed by atoms with E-state index in [4.69, 9.17) is 13.9 Å². The van der Waals surface area contributed by atoms with Gasteiger partial charge in [-0.1, -0.05) is 6.07 Å². The van der Waals surface area contributed by atoms with Crippen molar-refractivity contribution in [3.8, 4) is 0 Å². The lowest BCUT2D eigenvalue weighted by Gasteiger charge is -2.09. The first-order valence-corrected chi connectivity index (χ1v) is 6.59.